The molecule has 1 fully saturated rings. The van der Waals surface area contributed by atoms with E-state index in [1.165, 1.54) is 5.56 Å². The van der Waals surface area contributed by atoms with Crippen molar-refractivity contribution >= 4 is 0 Å². The fourth-order valence-corrected chi connectivity index (χ4v) is 2.37. The van der Waals surface area contributed by atoms with Gasteiger partial charge in [0.1, 0.15) is 0 Å². The van der Waals surface area contributed by atoms with Crippen LogP contribution < -0.4 is 5.73 Å². The zero-order valence-electron chi connectivity index (χ0n) is 11.3. The van der Waals surface area contributed by atoms with Crippen LogP contribution in [-0.4, -0.2) is 10.1 Å². The molecule has 4 heteroatoms. The molecule has 1 saturated carbocycles. The Morgan fingerprint density at radius 3 is 2.47 bits per heavy atom. The second-order valence-corrected chi connectivity index (χ2v) is 5.67. The van der Waals surface area contributed by atoms with E-state index in [9.17, 15) is 0 Å². The molecule has 100 valence electrons. The Kier molecular flexibility index (Phi) is 2.90. The number of nitrogens with zero attached hydrogens (tertiary/aromatic N) is 2. The number of hydrogen-bond donors (Lipinski definition) is 1. The SMILES string of the molecule is CC(C)C(N)c1nc(C2(c3ccccc3)CC2)no1. The van der Waals surface area contributed by atoms with E-state index in [0.29, 0.717) is 11.8 Å². The Labute approximate surface area is 113 Å². The number of benzene rings is 1. The van der Waals surface area contributed by atoms with Gasteiger partial charge in [-0.3, -0.25) is 0 Å². The van der Waals surface area contributed by atoms with Gasteiger partial charge in [-0.25, -0.2) is 0 Å². The number of nitrogens with two attached hydrogens (primary N) is 1. The van der Waals surface area contributed by atoms with Crippen molar-refractivity contribution in [2.75, 3.05) is 0 Å². The van der Waals surface area contributed by atoms with E-state index < -0.39 is 0 Å². The average Bonchev–Trinajstić information content (AvgIpc) is 3.10. The van der Waals surface area contributed by atoms with Crippen LogP contribution in [0.15, 0.2) is 34.9 Å². The summed E-state index contributed by atoms with van der Waals surface area (Å²) >= 11 is 0. The molecule has 4 nitrogen and oxygen atoms in total. The van der Waals surface area contributed by atoms with E-state index >= 15 is 0 Å². The van der Waals surface area contributed by atoms with Gasteiger partial charge in [0, 0.05) is 0 Å². The second kappa shape index (κ2) is 4.46. The quantitative estimate of drug-likeness (QED) is 0.914. The first-order valence-electron chi connectivity index (χ1n) is 6.79. The van der Waals surface area contributed by atoms with Gasteiger partial charge in [-0.1, -0.05) is 49.3 Å². The minimum atomic E-state index is -0.187. The summed E-state index contributed by atoms with van der Waals surface area (Å²) in [5.74, 6) is 1.62. The highest BCUT2D eigenvalue weighted by atomic mass is 16.5. The molecule has 0 saturated heterocycles. The number of aromatic nitrogens is 2. The average molecular weight is 257 g/mol. The van der Waals surface area contributed by atoms with Gasteiger partial charge in [0.2, 0.25) is 5.89 Å². The molecule has 1 atom stereocenters. The number of rotatable bonds is 4. The molecule has 1 aromatic carbocycles. The van der Waals surface area contributed by atoms with Crippen molar-refractivity contribution in [3.63, 3.8) is 0 Å². The maximum absolute atomic E-state index is 6.06. The van der Waals surface area contributed by atoms with Gasteiger partial charge in [-0.15, -0.1) is 0 Å². The van der Waals surface area contributed by atoms with Gasteiger partial charge in [-0.2, -0.15) is 4.98 Å². The summed E-state index contributed by atoms with van der Waals surface area (Å²) in [4.78, 5) is 4.54. The molecule has 1 aromatic heterocycles. The van der Waals surface area contributed by atoms with Crippen LogP contribution in [0.1, 0.15) is 50.0 Å². The molecule has 1 unspecified atom stereocenters. The Morgan fingerprint density at radius 2 is 1.89 bits per heavy atom. The summed E-state index contributed by atoms with van der Waals surface area (Å²) in [6, 6.07) is 10.2. The fraction of sp³-hybridized carbons (Fsp3) is 0.467. The molecule has 19 heavy (non-hydrogen) atoms. The van der Waals surface area contributed by atoms with Crippen molar-refractivity contribution in [3.05, 3.63) is 47.6 Å². The monoisotopic (exact) mass is 257 g/mol. The molecule has 1 heterocycles. The molecule has 2 N–H and O–H groups in total. The van der Waals surface area contributed by atoms with Crippen LogP contribution in [-0.2, 0) is 5.41 Å². The second-order valence-electron chi connectivity index (χ2n) is 5.67. The number of hydrogen-bond acceptors (Lipinski definition) is 4. The molecule has 0 radical (unpaired) electrons. The van der Waals surface area contributed by atoms with Gasteiger partial charge >= 0.3 is 0 Å². The summed E-state index contributed by atoms with van der Waals surface area (Å²) in [5.41, 5.74) is 7.28. The van der Waals surface area contributed by atoms with Crippen LogP contribution in [0.4, 0.5) is 0 Å². The standard InChI is InChI=1S/C15H19N3O/c1-10(2)12(16)13-17-14(18-19-13)15(8-9-15)11-6-4-3-5-7-11/h3-7,10,12H,8-9,16H2,1-2H3. The van der Waals surface area contributed by atoms with E-state index in [1.54, 1.807) is 0 Å². The van der Waals surface area contributed by atoms with Gasteiger partial charge in [0.15, 0.2) is 5.82 Å². The van der Waals surface area contributed by atoms with Gasteiger partial charge < -0.3 is 10.3 Å². The topological polar surface area (TPSA) is 64.9 Å². The lowest BCUT2D eigenvalue weighted by Crippen LogP contribution is -2.17. The normalized spacial score (nSPS) is 18.5. The van der Waals surface area contributed by atoms with Crippen LogP contribution in [0.2, 0.25) is 0 Å². The zero-order valence-corrected chi connectivity index (χ0v) is 11.3. The zero-order chi connectivity index (χ0) is 13.5. The van der Waals surface area contributed by atoms with Gasteiger partial charge in [-0.05, 0) is 24.3 Å². The summed E-state index contributed by atoms with van der Waals surface area (Å²) in [5, 5.41) is 4.16. The first-order valence-corrected chi connectivity index (χ1v) is 6.79. The van der Waals surface area contributed by atoms with Crippen molar-refractivity contribution < 1.29 is 4.52 Å². The molecular formula is C15H19N3O. The van der Waals surface area contributed by atoms with Crippen LogP contribution in [0.5, 0.6) is 0 Å². The van der Waals surface area contributed by atoms with Crippen LogP contribution in [0, 0.1) is 5.92 Å². The van der Waals surface area contributed by atoms with E-state index in [2.05, 4.69) is 48.3 Å². The van der Waals surface area contributed by atoms with Crippen molar-refractivity contribution in [2.24, 2.45) is 11.7 Å². The Balaban J connectivity index is 1.91. The molecule has 2 aromatic rings. The summed E-state index contributed by atoms with van der Waals surface area (Å²) in [7, 11) is 0. The molecule has 3 rings (SSSR count). The minimum absolute atomic E-state index is 0.0420. The Bertz CT molecular complexity index is 558. The highest BCUT2D eigenvalue weighted by molar-refractivity contribution is 5.38. The predicted molar refractivity (Wildman–Crippen MR) is 72.5 cm³/mol. The predicted octanol–water partition coefficient (Wildman–Crippen LogP) is 2.81. The maximum Gasteiger partial charge on any atom is 0.243 e. The largest absolute Gasteiger partial charge is 0.338 e. The van der Waals surface area contributed by atoms with Crippen molar-refractivity contribution in [3.8, 4) is 0 Å². The summed E-state index contributed by atoms with van der Waals surface area (Å²) in [6.07, 6.45) is 2.15. The molecule has 1 aliphatic rings. The molecule has 0 spiro atoms. The third-order valence-corrected chi connectivity index (χ3v) is 3.95. The van der Waals surface area contributed by atoms with Gasteiger partial charge in [0.05, 0.1) is 11.5 Å². The smallest absolute Gasteiger partial charge is 0.243 e. The maximum atomic E-state index is 6.06. The highest BCUT2D eigenvalue weighted by Crippen LogP contribution is 2.52. The molecular weight excluding hydrogens is 238 g/mol. The first kappa shape index (κ1) is 12.4. The lowest BCUT2D eigenvalue weighted by Gasteiger charge is -2.11. The third-order valence-electron chi connectivity index (χ3n) is 3.95. The van der Waals surface area contributed by atoms with Crippen molar-refractivity contribution in [2.45, 2.75) is 38.1 Å². The molecule has 1 aliphatic carbocycles. The van der Waals surface area contributed by atoms with Crippen LogP contribution in [0.3, 0.4) is 0 Å². The van der Waals surface area contributed by atoms with Crippen molar-refractivity contribution in [1.29, 1.82) is 0 Å². The van der Waals surface area contributed by atoms with Crippen LogP contribution in [0.25, 0.3) is 0 Å². The highest BCUT2D eigenvalue weighted by Gasteiger charge is 2.50. The minimum Gasteiger partial charge on any atom is -0.338 e. The first-order chi connectivity index (χ1) is 9.13. The summed E-state index contributed by atoms with van der Waals surface area (Å²) in [6.45, 7) is 4.11. The van der Waals surface area contributed by atoms with Gasteiger partial charge in [0.25, 0.3) is 0 Å². The fourth-order valence-electron chi connectivity index (χ4n) is 2.37. The van der Waals surface area contributed by atoms with E-state index in [-0.39, 0.29) is 11.5 Å². The van der Waals surface area contributed by atoms with E-state index in [1.807, 2.05) is 6.07 Å². The summed E-state index contributed by atoms with van der Waals surface area (Å²) < 4.78 is 5.35. The van der Waals surface area contributed by atoms with E-state index in [4.69, 9.17) is 10.3 Å². The lowest BCUT2D eigenvalue weighted by atomic mass is 9.95. The lowest BCUT2D eigenvalue weighted by molar-refractivity contribution is 0.321. The molecule has 0 bridgehead atoms. The Morgan fingerprint density at radius 1 is 1.21 bits per heavy atom. The Hall–Kier alpha value is -1.68. The van der Waals surface area contributed by atoms with E-state index in [0.717, 1.165) is 18.7 Å². The third kappa shape index (κ3) is 2.06. The van der Waals surface area contributed by atoms with Crippen LogP contribution >= 0.6 is 0 Å². The molecule has 0 amide bonds. The molecule has 0 aliphatic heterocycles. The van der Waals surface area contributed by atoms with Crippen molar-refractivity contribution in [1.82, 2.24) is 10.1 Å².